The van der Waals surface area contributed by atoms with Crippen LogP contribution in [-0.2, 0) is 14.6 Å². The second-order valence-electron chi connectivity index (χ2n) is 7.11. The van der Waals surface area contributed by atoms with E-state index < -0.39 is 34.0 Å². The molecule has 3 aromatic rings. The van der Waals surface area contributed by atoms with Gasteiger partial charge in [-0.05, 0) is 42.5 Å². The molecule has 0 aliphatic carbocycles. The second kappa shape index (κ2) is 8.51. The number of Topliss-reactive ketones (excluding diaryl/α,β-unsaturated/α-hetero) is 1. The van der Waals surface area contributed by atoms with Crippen LogP contribution in [0.2, 0.25) is 0 Å². The zero-order valence-electron chi connectivity index (χ0n) is 17.7. The van der Waals surface area contributed by atoms with E-state index in [-0.39, 0.29) is 37.8 Å². The number of rotatable bonds is 6. The van der Waals surface area contributed by atoms with Gasteiger partial charge in [0.15, 0.2) is 12.4 Å². The molecule has 3 aromatic carbocycles. The van der Waals surface area contributed by atoms with Gasteiger partial charge in [0.25, 0.3) is 0 Å². The predicted molar refractivity (Wildman–Crippen MR) is 116 cm³/mol. The van der Waals surface area contributed by atoms with Crippen LogP contribution in [0.1, 0.15) is 36.6 Å². The van der Waals surface area contributed by atoms with Gasteiger partial charge in [0.05, 0.1) is 35.1 Å². The van der Waals surface area contributed by atoms with E-state index in [4.69, 9.17) is 14.2 Å². The summed E-state index contributed by atoms with van der Waals surface area (Å²) in [6.07, 6.45) is 0. The van der Waals surface area contributed by atoms with Gasteiger partial charge in [0.1, 0.15) is 11.5 Å². The number of esters is 1. The highest BCUT2D eigenvalue weighted by atomic mass is 32.2. The fourth-order valence-electron chi connectivity index (χ4n) is 3.53. The predicted octanol–water partition coefficient (Wildman–Crippen LogP) is 3.12. The van der Waals surface area contributed by atoms with Gasteiger partial charge >= 0.3 is 5.97 Å². The minimum absolute atomic E-state index is 0.0238. The number of ether oxygens (including phenoxy) is 3. The maximum absolute atomic E-state index is 13.0. The first-order valence-corrected chi connectivity index (χ1v) is 11.2. The summed E-state index contributed by atoms with van der Waals surface area (Å²) >= 11 is 0. The first kappa shape index (κ1) is 22.2. The van der Waals surface area contributed by atoms with Crippen molar-refractivity contribution in [3.63, 3.8) is 0 Å². The molecule has 0 saturated carbocycles. The molecule has 33 heavy (non-hydrogen) atoms. The number of sulfone groups is 1. The molecule has 0 aromatic heterocycles. The summed E-state index contributed by atoms with van der Waals surface area (Å²) < 4.78 is 41.4. The van der Waals surface area contributed by atoms with Crippen LogP contribution in [0.5, 0.6) is 11.5 Å². The minimum atomic E-state index is -4.00. The number of ketones is 2. The van der Waals surface area contributed by atoms with Gasteiger partial charge in [-0.25, -0.2) is 13.2 Å². The molecule has 0 atom stereocenters. The maximum Gasteiger partial charge on any atom is 0.338 e. The van der Waals surface area contributed by atoms with E-state index in [1.54, 1.807) is 12.1 Å². The van der Waals surface area contributed by atoms with Crippen molar-refractivity contribution in [2.24, 2.45) is 0 Å². The van der Waals surface area contributed by atoms with E-state index in [0.29, 0.717) is 5.75 Å². The Balaban J connectivity index is 1.57. The van der Waals surface area contributed by atoms with Crippen molar-refractivity contribution in [1.82, 2.24) is 0 Å². The van der Waals surface area contributed by atoms with E-state index in [1.165, 1.54) is 56.7 Å². The summed E-state index contributed by atoms with van der Waals surface area (Å²) in [4.78, 5) is 37.4. The first-order chi connectivity index (χ1) is 15.8. The van der Waals surface area contributed by atoms with Gasteiger partial charge in [-0.2, -0.15) is 0 Å². The number of hydrogen-bond acceptors (Lipinski definition) is 8. The van der Waals surface area contributed by atoms with Crippen molar-refractivity contribution >= 4 is 27.4 Å². The Hall–Kier alpha value is -3.98. The monoisotopic (exact) mass is 466 g/mol. The number of fused-ring (bicyclic) bond motifs is 2. The van der Waals surface area contributed by atoms with Crippen molar-refractivity contribution in [3.05, 3.63) is 82.9 Å². The van der Waals surface area contributed by atoms with E-state index in [9.17, 15) is 22.8 Å². The number of benzene rings is 3. The van der Waals surface area contributed by atoms with Crippen molar-refractivity contribution < 1.29 is 37.0 Å². The van der Waals surface area contributed by atoms with Gasteiger partial charge in [0, 0.05) is 17.2 Å². The highest BCUT2D eigenvalue weighted by Gasteiger charge is 2.35. The first-order valence-electron chi connectivity index (χ1n) is 9.73. The summed E-state index contributed by atoms with van der Waals surface area (Å²) in [6.45, 7) is -0.590. The molecule has 0 radical (unpaired) electrons. The van der Waals surface area contributed by atoms with Crippen molar-refractivity contribution in [3.8, 4) is 11.5 Å². The molecular weight excluding hydrogens is 448 g/mol. The zero-order valence-corrected chi connectivity index (χ0v) is 18.5. The standard InChI is InChI=1S/C24H18O8S/c1-30-15-8-10-16(20(12-15)31-2)19(25)13-32-24(27)14-7-9-18-22(11-14)33(28,29)21-6-4-3-5-17(21)23(18)26/h3-12H,13H2,1-2H3. The summed E-state index contributed by atoms with van der Waals surface area (Å²) in [5.41, 5.74) is 0.156. The van der Waals surface area contributed by atoms with Gasteiger partial charge in [-0.3, -0.25) is 9.59 Å². The van der Waals surface area contributed by atoms with Crippen LogP contribution in [0.25, 0.3) is 0 Å². The van der Waals surface area contributed by atoms with E-state index in [2.05, 4.69) is 0 Å². The van der Waals surface area contributed by atoms with E-state index >= 15 is 0 Å². The van der Waals surface area contributed by atoms with Gasteiger partial charge in [-0.1, -0.05) is 12.1 Å². The Morgan fingerprint density at radius 3 is 2.30 bits per heavy atom. The maximum atomic E-state index is 13.0. The molecule has 1 aliphatic heterocycles. The lowest BCUT2D eigenvalue weighted by Gasteiger charge is -2.19. The largest absolute Gasteiger partial charge is 0.497 e. The Labute approximate surface area is 189 Å². The number of carbonyl (C=O) groups is 3. The van der Waals surface area contributed by atoms with Crippen LogP contribution in [0, 0.1) is 0 Å². The molecule has 0 unspecified atom stereocenters. The van der Waals surface area contributed by atoms with Crippen LogP contribution in [-0.4, -0.2) is 46.8 Å². The molecule has 4 rings (SSSR count). The third-order valence-corrected chi connectivity index (χ3v) is 7.07. The topological polar surface area (TPSA) is 113 Å². The highest BCUT2D eigenvalue weighted by Crippen LogP contribution is 2.35. The highest BCUT2D eigenvalue weighted by molar-refractivity contribution is 7.91. The average molecular weight is 466 g/mol. The van der Waals surface area contributed by atoms with Crippen molar-refractivity contribution in [2.45, 2.75) is 9.79 Å². The number of methoxy groups -OCH3 is 2. The van der Waals surface area contributed by atoms with Crippen LogP contribution in [0.4, 0.5) is 0 Å². The van der Waals surface area contributed by atoms with Crippen LogP contribution in [0.15, 0.2) is 70.5 Å². The fourth-order valence-corrected chi connectivity index (χ4v) is 5.21. The molecule has 0 bridgehead atoms. The normalized spacial score (nSPS) is 13.5. The lowest BCUT2D eigenvalue weighted by Crippen LogP contribution is -2.21. The molecule has 0 spiro atoms. The van der Waals surface area contributed by atoms with Crippen LogP contribution < -0.4 is 9.47 Å². The minimum Gasteiger partial charge on any atom is -0.497 e. The number of hydrogen-bond donors (Lipinski definition) is 0. The average Bonchev–Trinajstić information content (AvgIpc) is 2.85. The van der Waals surface area contributed by atoms with Crippen molar-refractivity contribution in [2.75, 3.05) is 20.8 Å². The SMILES string of the molecule is COc1ccc(C(=O)COC(=O)c2ccc3c(c2)S(=O)(=O)c2ccccc2C3=O)c(OC)c1. The molecular formula is C24H18O8S. The van der Waals surface area contributed by atoms with E-state index in [0.717, 1.165) is 6.07 Å². The smallest absolute Gasteiger partial charge is 0.338 e. The third kappa shape index (κ3) is 3.87. The quantitative estimate of drug-likeness (QED) is 0.315. The van der Waals surface area contributed by atoms with Crippen molar-refractivity contribution in [1.29, 1.82) is 0 Å². The van der Waals surface area contributed by atoms with Gasteiger partial charge in [-0.15, -0.1) is 0 Å². The molecule has 0 N–H and O–H groups in total. The Kier molecular flexibility index (Phi) is 5.73. The second-order valence-corrected chi connectivity index (χ2v) is 8.99. The molecule has 8 nitrogen and oxygen atoms in total. The molecule has 0 fully saturated rings. The zero-order chi connectivity index (χ0) is 23.8. The molecule has 9 heteroatoms. The Morgan fingerprint density at radius 1 is 0.848 bits per heavy atom. The van der Waals surface area contributed by atoms with Gasteiger partial charge < -0.3 is 14.2 Å². The fraction of sp³-hybridized carbons (Fsp3) is 0.125. The Bertz CT molecular complexity index is 1410. The number of carbonyl (C=O) groups excluding carboxylic acids is 3. The van der Waals surface area contributed by atoms with E-state index in [1.807, 2.05) is 0 Å². The molecule has 1 aliphatic rings. The molecule has 0 amide bonds. The Morgan fingerprint density at radius 2 is 1.58 bits per heavy atom. The lowest BCUT2D eigenvalue weighted by molar-refractivity contribution is 0.0473. The lowest BCUT2D eigenvalue weighted by atomic mass is 10.0. The molecule has 1 heterocycles. The summed E-state index contributed by atoms with van der Waals surface area (Å²) in [5.74, 6) is -1.12. The summed E-state index contributed by atoms with van der Waals surface area (Å²) in [6, 6.07) is 14.1. The molecule has 0 saturated heterocycles. The molecule has 168 valence electrons. The van der Waals surface area contributed by atoms with Crippen LogP contribution in [0.3, 0.4) is 0 Å². The summed E-state index contributed by atoms with van der Waals surface area (Å²) in [5, 5.41) is 0. The van der Waals surface area contributed by atoms with Gasteiger partial charge in [0.2, 0.25) is 15.6 Å². The van der Waals surface area contributed by atoms with Crippen LogP contribution >= 0.6 is 0 Å². The third-order valence-electron chi connectivity index (χ3n) is 5.22. The summed E-state index contributed by atoms with van der Waals surface area (Å²) in [7, 11) is -1.14.